The Balaban J connectivity index is 1.58. The Morgan fingerprint density at radius 2 is 1.70 bits per heavy atom. The number of hydrogen-bond acceptors (Lipinski definition) is 4. The van der Waals surface area contributed by atoms with Crippen LogP contribution < -0.4 is 15.5 Å². The molecule has 0 spiro atoms. The molecule has 1 aliphatic rings. The van der Waals surface area contributed by atoms with Gasteiger partial charge in [0.1, 0.15) is 0 Å². The van der Waals surface area contributed by atoms with Crippen molar-refractivity contribution in [3.8, 4) is 0 Å². The van der Waals surface area contributed by atoms with Crippen molar-refractivity contribution in [3.05, 3.63) is 54.1 Å². The predicted octanol–water partition coefficient (Wildman–Crippen LogP) is 3.59. The molecule has 1 amide bonds. The number of nitrogens with zero attached hydrogens (tertiary/aromatic N) is 1. The zero-order valence-corrected chi connectivity index (χ0v) is 14.6. The summed E-state index contributed by atoms with van der Waals surface area (Å²) in [6.07, 6.45) is -4.38. The van der Waals surface area contributed by atoms with Crippen molar-refractivity contribution in [1.29, 1.82) is 0 Å². The fraction of sp³-hybridized carbons (Fsp3) is 0.316. The molecular formula is C19H20F3N3O2. The van der Waals surface area contributed by atoms with Crippen molar-refractivity contribution in [2.24, 2.45) is 0 Å². The van der Waals surface area contributed by atoms with Crippen LogP contribution in [-0.2, 0) is 15.7 Å². The van der Waals surface area contributed by atoms with Gasteiger partial charge in [-0.15, -0.1) is 0 Å². The fourth-order valence-corrected chi connectivity index (χ4v) is 2.81. The van der Waals surface area contributed by atoms with E-state index in [0.717, 1.165) is 30.9 Å². The van der Waals surface area contributed by atoms with E-state index in [2.05, 4.69) is 15.5 Å². The molecule has 1 saturated heterocycles. The van der Waals surface area contributed by atoms with Crippen molar-refractivity contribution < 1.29 is 22.7 Å². The van der Waals surface area contributed by atoms with E-state index < -0.39 is 11.7 Å². The lowest BCUT2D eigenvalue weighted by molar-refractivity contribution is -0.137. The molecule has 144 valence electrons. The summed E-state index contributed by atoms with van der Waals surface area (Å²) >= 11 is 0. The number of anilines is 3. The number of carbonyl (C=O) groups excluding carboxylic acids is 1. The Labute approximate surface area is 155 Å². The third-order valence-electron chi connectivity index (χ3n) is 4.20. The minimum atomic E-state index is -4.38. The first-order chi connectivity index (χ1) is 12.9. The summed E-state index contributed by atoms with van der Waals surface area (Å²) in [5.74, 6) is -0.282. The molecule has 27 heavy (non-hydrogen) atoms. The van der Waals surface area contributed by atoms with Gasteiger partial charge in [-0.3, -0.25) is 4.79 Å². The Bertz CT molecular complexity index is 773. The molecular weight excluding hydrogens is 359 g/mol. The molecule has 0 aromatic heterocycles. The van der Waals surface area contributed by atoms with E-state index in [0.29, 0.717) is 24.6 Å². The summed E-state index contributed by atoms with van der Waals surface area (Å²) in [4.78, 5) is 14.4. The highest BCUT2D eigenvalue weighted by atomic mass is 19.4. The van der Waals surface area contributed by atoms with Gasteiger partial charge in [-0.05, 0) is 36.4 Å². The minimum Gasteiger partial charge on any atom is -0.378 e. The van der Waals surface area contributed by atoms with Crippen molar-refractivity contribution in [2.75, 3.05) is 48.4 Å². The largest absolute Gasteiger partial charge is 0.416 e. The highest BCUT2D eigenvalue weighted by Gasteiger charge is 2.29. The maximum Gasteiger partial charge on any atom is 0.416 e. The molecule has 0 saturated carbocycles. The first-order valence-electron chi connectivity index (χ1n) is 8.56. The molecule has 2 aromatic carbocycles. The number of alkyl halides is 3. The molecule has 0 aliphatic carbocycles. The second-order valence-electron chi connectivity index (χ2n) is 6.09. The number of halogens is 3. The first kappa shape index (κ1) is 19.0. The summed E-state index contributed by atoms with van der Waals surface area (Å²) in [5, 5.41) is 5.68. The van der Waals surface area contributed by atoms with Gasteiger partial charge in [0.15, 0.2) is 0 Å². The van der Waals surface area contributed by atoms with Gasteiger partial charge in [0.25, 0.3) is 0 Å². The molecule has 1 aliphatic heterocycles. The Kier molecular flexibility index (Phi) is 5.85. The van der Waals surface area contributed by atoms with E-state index >= 15 is 0 Å². The van der Waals surface area contributed by atoms with E-state index in [1.54, 1.807) is 0 Å². The second-order valence-corrected chi connectivity index (χ2v) is 6.09. The third-order valence-corrected chi connectivity index (χ3v) is 4.20. The average molecular weight is 379 g/mol. The zero-order valence-electron chi connectivity index (χ0n) is 14.6. The maximum atomic E-state index is 12.6. The van der Waals surface area contributed by atoms with Gasteiger partial charge in [0.05, 0.1) is 36.7 Å². The Morgan fingerprint density at radius 3 is 2.37 bits per heavy atom. The minimum absolute atomic E-state index is 0.0528. The van der Waals surface area contributed by atoms with Crippen LogP contribution in [0.1, 0.15) is 5.56 Å². The maximum absolute atomic E-state index is 12.6. The zero-order chi connectivity index (χ0) is 19.3. The molecule has 1 heterocycles. The highest BCUT2D eigenvalue weighted by Crippen LogP contribution is 2.30. The molecule has 0 radical (unpaired) electrons. The third kappa shape index (κ3) is 5.13. The van der Waals surface area contributed by atoms with E-state index in [9.17, 15) is 18.0 Å². The second kappa shape index (κ2) is 8.30. The van der Waals surface area contributed by atoms with E-state index in [1.165, 1.54) is 12.1 Å². The predicted molar refractivity (Wildman–Crippen MR) is 98.0 cm³/mol. The van der Waals surface area contributed by atoms with E-state index in [-0.39, 0.29) is 12.5 Å². The van der Waals surface area contributed by atoms with Crippen LogP contribution in [0.3, 0.4) is 0 Å². The molecule has 0 atom stereocenters. The van der Waals surface area contributed by atoms with Crippen LogP contribution in [-0.4, -0.2) is 38.8 Å². The van der Waals surface area contributed by atoms with Gasteiger partial charge in [-0.1, -0.05) is 12.1 Å². The molecule has 2 aromatic rings. The fourth-order valence-electron chi connectivity index (χ4n) is 2.81. The number of hydrogen-bond donors (Lipinski definition) is 2. The molecule has 1 fully saturated rings. The van der Waals surface area contributed by atoms with Crippen LogP contribution in [0.15, 0.2) is 48.5 Å². The van der Waals surface area contributed by atoms with Gasteiger partial charge < -0.3 is 20.3 Å². The quantitative estimate of drug-likeness (QED) is 0.834. The summed E-state index contributed by atoms with van der Waals surface area (Å²) in [6, 6.07) is 12.1. The van der Waals surface area contributed by atoms with Crippen molar-refractivity contribution in [3.63, 3.8) is 0 Å². The number of carbonyl (C=O) groups is 1. The molecule has 2 N–H and O–H groups in total. The molecule has 0 unspecified atom stereocenters. The van der Waals surface area contributed by atoms with Crippen LogP contribution in [0.5, 0.6) is 0 Å². The summed E-state index contributed by atoms with van der Waals surface area (Å²) in [6.45, 7) is 2.71. The Hall–Kier alpha value is -2.74. The van der Waals surface area contributed by atoms with Gasteiger partial charge >= 0.3 is 6.18 Å². The number of rotatable bonds is 5. The SMILES string of the molecule is O=C(CNc1ccc(C(F)(F)F)cc1)Nc1ccccc1N1CCOCC1. The molecule has 8 heteroatoms. The van der Waals surface area contributed by atoms with Crippen LogP contribution in [0.2, 0.25) is 0 Å². The normalized spacial score (nSPS) is 14.7. The van der Waals surface area contributed by atoms with Crippen molar-refractivity contribution in [1.82, 2.24) is 0 Å². The molecule has 3 rings (SSSR count). The van der Waals surface area contributed by atoms with Gasteiger partial charge in [-0.25, -0.2) is 0 Å². The lowest BCUT2D eigenvalue weighted by Gasteiger charge is -2.30. The lowest BCUT2D eigenvalue weighted by Crippen LogP contribution is -2.37. The number of benzene rings is 2. The number of amides is 1. The smallest absolute Gasteiger partial charge is 0.378 e. The van der Waals surface area contributed by atoms with Gasteiger partial charge in [0, 0.05) is 18.8 Å². The molecule has 0 bridgehead atoms. The molecule has 5 nitrogen and oxygen atoms in total. The standard InChI is InChI=1S/C19H20F3N3O2/c20-19(21,22)14-5-7-15(8-6-14)23-13-18(26)24-16-3-1-2-4-17(16)25-9-11-27-12-10-25/h1-8,23H,9-13H2,(H,24,26). The van der Waals surface area contributed by atoms with E-state index in [4.69, 9.17) is 4.74 Å². The lowest BCUT2D eigenvalue weighted by atomic mass is 10.2. The topological polar surface area (TPSA) is 53.6 Å². The van der Waals surface area contributed by atoms with Crippen LogP contribution >= 0.6 is 0 Å². The average Bonchev–Trinajstić information content (AvgIpc) is 2.67. The number of morpholine rings is 1. The van der Waals surface area contributed by atoms with Crippen LogP contribution in [0.4, 0.5) is 30.2 Å². The highest BCUT2D eigenvalue weighted by molar-refractivity contribution is 5.96. The monoisotopic (exact) mass is 379 g/mol. The summed E-state index contributed by atoms with van der Waals surface area (Å²) < 4.78 is 43.1. The number of para-hydroxylation sites is 2. The van der Waals surface area contributed by atoms with Crippen molar-refractivity contribution >= 4 is 23.0 Å². The van der Waals surface area contributed by atoms with Gasteiger partial charge in [-0.2, -0.15) is 13.2 Å². The van der Waals surface area contributed by atoms with Crippen molar-refractivity contribution in [2.45, 2.75) is 6.18 Å². The number of ether oxygens (including phenoxy) is 1. The van der Waals surface area contributed by atoms with E-state index in [1.807, 2.05) is 24.3 Å². The summed E-state index contributed by atoms with van der Waals surface area (Å²) in [7, 11) is 0. The van der Waals surface area contributed by atoms with Crippen LogP contribution in [0, 0.1) is 0 Å². The Morgan fingerprint density at radius 1 is 1.04 bits per heavy atom. The summed E-state index contributed by atoms with van der Waals surface area (Å²) in [5.41, 5.74) is 1.33. The van der Waals surface area contributed by atoms with Gasteiger partial charge in [0.2, 0.25) is 5.91 Å². The first-order valence-corrected chi connectivity index (χ1v) is 8.56. The number of nitrogens with one attached hydrogen (secondary N) is 2. The van der Waals surface area contributed by atoms with Crippen LogP contribution in [0.25, 0.3) is 0 Å².